The summed E-state index contributed by atoms with van der Waals surface area (Å²) in [5, 5.41) is 12.5. The van der Waals surface area contributed by atoms with E-state index in [0.29, 0.717) is 6.47 Å². The van der Waals surface area contributed by atoms with Crippen molar-refractivity contribution >= 4 is 12.4 Å². The third-order valence-corrected chi connectivity index (χ3v) is 2.83. The van der Waals surface area contributed by atoms with Gasteiger partial charge in [0.05, 0.1) is 18.1 Å². The number of nitrogens with one attached hydrogen (secondary N) is 1. The van der Waals surface area contributed by atoms with E-state index in [4.69, 9.17) is 4.74 Å². The Morgan fingerprint density at radius 2 is 2.13 bits per heavy atom. The molecule has 0 radical (unpaired) electrons. The number of ether oxygens (including phenoxy) is 1. The monoisotopic (exact) mass is 215 g/mol. The van der Waals surface area contributed by atoms with Crippen molar-refractivity contribution in [2.24, 2.45) is 11.8 Å². The molecule has 86 valence electrons. The van der Waals surface area contributed by atoms with Gasteiger partial charge >= 0.3 is 0 Å². The first-order valence-electron chi connectivity index (χ1n) is 5.06. The van der Waals surface area contributed by atoms with Gasteiger partial charge in [-0.2, -0.15) is 0 Å². The Hall–Kier alpha value is -1.10. The summed E-state index contributed by atoms with van der Waals surface area (Å²) in [6.07, 6.45) is -1.28. The normalized spacial score (nSPS) is 32.6. The summed E-state index contributed by atoms with van der Waals surface area (Å²) in [7, 11) is 0. The zero-order chi connectivity index (χ0) is 11.6. The fourth-order valence-electron chi connectivity index (χ4n) is 1.80. The number of hydrogen-bond acceptors (Lipinski definition) is 4. The molecule has 15 heavy (non-hydrogen) atoms. The Kier molecular flexibility index (Phi) is 3.68. The number of rotatable bonds is 4. The molecule has 0 aromatic carbocycles. The van der Waals surface area contributed by atoms with Crippen LogP contribution in [0, 0.1) is 11.8 Å². The van der Waals surface area contributed by atoms with Crippen molar-refractivity contribution in [1.29, 1.82) is 0 Å². The van der Waals surface area contributed by atoms with E-state index in [0.717, 1.165) is 0 Å². The van der Waals surface area contributed by atoms with Gasteiger partial charge in [-0.3, -0.25) is 9.59 Å². The minimum Gasteiger partial charge on any atom is -0.461 e. The second-order valence-corrected chi connectivity index (χ2v) is 4.25. The minimum absolute atomic E-state index is 0.00153. The first-order valence-corrected chi connectivity index (χ1v) is 5.06. The average molecular weight is 215 g/mol. The first kappa shape index (κ1) is 12.0. The molecule has 2 N–H and O–H groups in total. The number of aliphatic hydroxyl groups excluding tert-OH is 1. The van der Waals surface area contributed by atoms with Gasteiger partial charge in [-0.25, -0.2) is 0 Å². The molecule has 4 atom stereocenters. The predicted molar refractivity (Wildman–Crippen MR) is 52.9 cm³/mol. The Bertz CT molecular complexity index is 254. The maximum absolute atomic E-state index is 11.4. The van der Waals surface area contributed by atoms with E-state index in [-0.39, 0.29) is 11.8 Å². The minimum atomic E-state index is -0.705. The summed E-state index contributed by atoms with van der Waals surface area (Å²) in [4.78, 5) is 21.7. The van der Waals surface area contributed by atoms with E-state index in [1.165, 1.54) is 0 Å². The summed E-state index contributed by atoms with van der Waals surface area (Å²) in [5.74, 6) is -0.599. The van der Waals surface area contributed by atoms with Gasteiger partial charge in [-0.1, -0.05) is 13.8 Å². The van der Waals surface area contributed by atoms with E-state index < -0.39 is 24.2 Å². The first-order chi connectivity index (χ1) is 6.99. The molecule has 1 heterocycles. The van der Waals surface area contributed by atoms with E-state index in [2.05, 4.69) is 5.32 Å². The van der Waals surface area contributed by atoms with Gasteiger partial charge < -0.3 is 15.2 Å². The molecule has 5 heteroatoms. The molecule has 0 aromatic heterocycles. The molecule has 0 spiro atoms. The van der Waals surface area contributed by atoms with Crippen LogP contribution in [0.3, 0.4) is 0 Å². The second-order valence-electron chi connectivity index (χ2n) is 4.25. The number of hydrogen-bond donors (Lipinski definition) is 2. The van der Waals surface area contributed by atoms with Gasteiger partial charge in [0.1, 0.15) is 6.10 Å². The zero-order valence-corrected chi connectivity index (χ0v) is 9.14. The average Bonchev–Trinajstić information content (AvgIpc) is 2.45. The maximum Gasteiger partial charge on any atom is 0.293 e. The molecule has 0 bridgehead atoms. The lowest BCUT2D eigenvalue weighted by Crippen LogP contribution is -2.46. The SMILES string of the molecule is CC(C)[C@H](O)[C@H]1NC(=O)[C@H](C)[C@@H]1OC=O. The van der Waals surface area contributed by atoms with Crippen molar-refractivity contribution < 1.29 is 19.4 Å². The van der Waals surface area contributed by atoms with Crippen LogP contribution in [0.15, 0.2) is 0 Å². The molecule has 1 rings (SSSR count). The summed E-state index contributed by atoms with van der Waals surface area (Å²) in [6, 6.07) is -0.502. The Balaban J connectivity index is 2.78. The lowest BCUT2D eigenvalue weighted by atomic mass is 9.93. The van der Waals surface area contributed by atoms with E-state index in [9.17, 15) is 14.7 Å². The number of amides is 1. The van der Waals surface area contributed by atoms with Crippen molar-refractivity contribution in [3.8, 4) is 0 Å². The Morgan fingerprint density at radius 3 is 2.60 bits per heavy atom. The topological polar surface area (TPSA) is 75.6 Å². The molecule has 0 unspecified atom stereocenters. The van der Waals surface area contributed by atoms with Gasteiger partial charge in [-0.15, -0.1) is 0 Å². The number of carbonyl (C=O) groups is 2. The maximum atomic E-state index is 11.4. The molecule has 0 aromatic rings. The van der Waals surface area contributed by atoms with Crippen molar-refractivity contribution in [2.75, 3.05) is 0 Å². The summed E-state index contributed by atoms with van der Waals surface area (Å²) >= 11 is 0. The third kappa shape index (κ3) is 2.28. The fraction of sp³-hybridized carbons (Fsp3) is 0.800. The van der Waals surface area contributed by atoms with Crippen molar-refractivity contribution in [3.63, 3.8) is 0 Å². The van der Waals surface area contributed by atoms with Crippen LogP contribution in [0.1, 0.15) is 20.8 Å². The van der Waals surface area contributed by atoms with Crippen molar-refractivity contribution in [3.05, 3.63) is 0 Å². The molecule has 1 aliphatic rings. The van der Waals surface area contributed by atoms with E-state index >= 15 is 0 Å². The lowest BCUT2D eigenvalue weighted by Gasteiger charge is -2.26. The van der Waals surface area contributed by atoms with Crippen LogP contribution in [-0.2, 0) is 14.3 Å². The third-order valence-electron chi connectivity index (χ3n) is 2.83. The predicted octanol–water partition coefficient (Wildman–Crippen LogP) is -0.321. The van der Waals surface area contributed by atoms with Crippen LogP contribution < -0.4 is 5.32 Å². The number of aliphatic hydroxyl groups is 1. The lowest BCUT2D eigenvalue weighted by molar-refractivity contribution is -0.138. The molecule has 1 aliphatic heterocycles. The van der Waals surface area contributed by atoms with Crippen LogP contribution in [0.5, 0.6) is 0 Å². The van der Waals surface area contributed by atoms with Gasteiger partial charge in [0, 0.05) is 0 Å². The van der Waals surface area contributed by atoms with Crippen LogP contribution in [-0.4, -0.2) is 35.7 Å². The fourth-order valence-corrected chi connectivity index (χ4v) is 1.80. The van der Waals surface area contributed by atoms with Crippen LogP contribution in [0.2, 0.25) is 0 Å². The molecule has 0 aliphatic carbocycles. The smallest absolute Gasteiger partial charge is 0.293 e. The highest BCUT2D eigenvalue weighted by atomic mass is 16.5. The summed E-state index contributed by atoms with van der Waals surface area (Å²) < 4.78 is 4.85. The van der Waals surface area contributed by atoms with E-state index in [1.807, 2.05) is 13.8 Å². The Morgan fingerprint density at radius 1 is 1.53 bits per heavy atom. The van der Waals surface area contributed by atoms with Gasteiger partial charge in [-0.05, 0) is 12.8 Å². The highest BCUT2D eigenvalue weighted by molar-refractivity contribution is 5.82. The van der Waals surface area contributed by atoms with Crippen LogP contribution in [0.4, 0.5) is 0 Å². The van der Waals surface area contributed by atoms with Crippen molar-refractivity contribution in [1.82, 2.24) is 5.32 Å². The van der Waals surface area contributed by atoms with E-state index in [1.54, 1.807) is 6.92 Å². The molecule has 1 saturated heterocycles. The quantitative estimate of drug-likeness (QED) is 0.630. The zero-order valence-electron chi connectivity index (χ0n) is 9.14. The summed E-state index contributed by atoms with van der Waals surface area (Å²) in [5.41, 5.74) is 0. The van der Waals surface area contributed by atoms with Gasteiger partial charge in [0.25, 0.3) is 6.47 Å². The molecule has 1 fully saturated rings. The van der Waals surface area contributed by atoms with Crippen LogP contribution >= 0.6 is 0 Å². The molecule has 5 nitrogen and oxygen atoms in total. The van der Waals surface area contributed by atoms with Crippen molar-refractivity contribution in [2.45, 2.75) is 39.0 Å². The molecular weight excluding hydrogens is 198 g/mol. The Labute approximate surface area is 88.8 Å². The highest BCUT2D eigenvalue weighted by Crippen LogP contribution is 2.23. The van der Waals surface area contributed by atoms with Crippen LogP contribution in [0.25, 0.3) is 0 Å². The molecule has 1 amide bonds. The standard InChI is InChI=1S/C10H17NO4/c1-5(2)8(13)7-9(15-4-12)6(3)10(14)11-7/h4-9,13H,1-3H3,(H,11,14)/t6-,7-,8+,9+/m1/s1. The number of carbonyl (C=O) groups excluding carboxylic acids is 2. The van der Waals surface area contributed by atoms with Gasteiger partial charge in [0.2, 0.25) is 5.91 Å². The second kappa shape index (κ2) is 4.61. The molecule has 0 saturated carbocycles. The highest BCUT2D eigenvalue weighted by Gasteiger charge is 2.45. The summed E-state index contributed by atoms with van der Waals surface area (Å²) in [6.45, 7) is 5.69. The largest absolute Gasteiger partial charge is 0.461 e. The molecular formula is C10H17NO4. The van der Waals surface area contributed by atoms with Gasteiger partial charge in [0.15, 0.2) is 0 Å².